The molecular formula is C22H20ClFN2O. The third-order valence-corrected chi connectivity index (χ3v) is 5.61. The second-order valence-corrected chi connectivity index (χ2v) is 7.47. The highest BCUT2D eigenvalue weighted by Gasteiger charge is 2.24. The molecule has 1 saturated heterocycles. The van der Waals surface area contributed by atoms with Crippen LogP contribution in [0.5, 0.6) is 0 Å². The highest BCUT2D eigenvalue weighted by atomic mass is 35.5. The number of hydrogen-bond donors (Lipinski definition) is 0. The summed E-state index contributed by atoms with van der Waals surface area (Å²) in [6, 6.07) is 12.1. The van der Waals surface area contributed by atoms with Crippen molar-refractivity contribution < 1.29 is 9.18 Å². The van der Waals surface area contributed by atoms with Gasteiger partial charge in [0.15, 0.2) is 0 Å². The first kappa shape index (κ1) is 17.9. The molecule has 4 rings (SSSR count). The minimum atomic E-state index is -0.410. The van der Waals surface area contributed by atoms with Crippen LogP contribution < -0.4 is 0 Å². The number of amides is 1. The number of fused-ring (bicyclic) bond motifs is 1. The van der Waals surface area contributed by atoms with Crippen molar-refractivity contribution in [2.75, 3.05) is 6.54 Å². The number of benzene rings is 2. The van der Waals surface area contributed by atoms with Crippen molar-refractivity contribution in [3.8, 4) is 11.1 Å². The van der Waals surface area contributed by atoms with E-state index in [9.17, 15) is 9.18 Å². The van der Waals surface area contributed by atoms with Gasteiger partial charge in [0, 0.05) is 35.3 Å². The first-order valence-electron chi connectivity index (χ1n) is 9.20. The zero-order valence-corrected chi connectivity index (χ0v) is 15.8. The lowest BCUT2D eigenvalue weighted by Gasteiger charge is -2.33. The van der Waals surface area contributed by atoms with Crippen LogP contribution in [0, 0.1) is 5.82 Å². The Morgan fingerprint density at radius 2 is 2.04 bits per heavy atom. The third-order valence-electron chi connectivity index (χ3n) is 5.28. The zero-order chi connectivity index (χ0) is 19.0. The minimum Gasteiger partial charge on any atom is -0.336 e. The van der Waals surface area contributed by atoms with Crippen LogP contribution in [-0.2, 0) is 0 Å². The second-order valence-electron chi connectivity index (χ2n) is 7.06. The van der Waals surface area contributed by atoms with E-state index in [2.05, 4.69) is 11.9 Å². The summed E-state index contributed by atoms with van der Waals surface area (Å²) >= 11 is 6.17. The number of rotatable bonds is 2. The molecule has 0 spiro atoms. The van der Waals surface area contributed by atoms with E-state index in [0.717, 1.165) is 31.2 Å². The van der Waals surface area contributed by atoms with E-state index in [0.29, 0.717) is 27.2 Å². The lowest BCUT2D eigenvalue weighted by atomic mass is 9.99. The SMILES string of the molecule is CC1CCCCN1C(=O)c1ccc(-c2ccc3c(Cl)ccnc3c2)c(F)c1. The largest absolute Gasteiger partial charge is 0.336 e. The highest BCUT2D eigenvalue weighted by Crippen LogP contribution is 2.30. The molecule has 0 radical (unpaired) electrons. The molecule has 3 aromatic rings. The molecule has 1 aliphatic rings. The fourth-order valence-electron chi connectivity index (χ4n) is 3.73. The van der Waals surface area contributed by atoms with Gasteiger partial charge in [-0.2, -0.15) is 0 Å². The van der Waals surface area contributed by atoms with E-state index in [4.69, 9.17) is 11.6 Å². The van der Waals surface area contributed by atoms with Crippen LogP contribution in [0.4, 0.5) is 4.39 Å². The van der Waals surface area contributed by atoms with Crippen LogP contribution in [-0.4, -0.2) is 28.4 Å². The van der Waals surface area contributed by atoms with Crippen LogP contribution in [0.1, 0.15) is 36.5 Å². The zero-order valence-electron chi connectivity index (χ0n) is 15.1. The Morgan fingerprint density at radius 1 is 1.19 bits per heavy atom. The van der Waals surface area contributed by atoms with Crippen molar-refractivity contribution in [2.24, 2.45) is 0 Å². The molecule has 0 saturated carbocycles. The molecule has 1 unspecified atom stereocenters. The molecule has 5 heteroatoms. The molecular weight excluding hydrogens is 363 g/mol. The molecule has 1 amide bonds. The summed E-state index contributed by atoms with van der Waals surface area (Å²) in [5, 5.41) is 1.44. The Kier molecular flexibility index (Phi) is 4.83. The van der Waals surface area contributed by atoms with E-state index in [-0.39, 0.29) is 11.9 Å². The summed E-state index contributed by atoms with van der Waals surface area (Å²) < 4.78 is 14.8. The lowest BCUT2D eigenvalue weighted by molar-refractivity contribution is 0.0635. The predicted octanol–water partition coefficient (Wildman–Crippen LogP) is 5.71. The summed E-state index contributed by atoms with van der Waals surface area (Å²) in [5.74, 6) is -0.508. The average molecular weight is 383 g/mol. The van der Waals surface area contributed by atoms with E-state index in [1.165, 1.54) is 6.07 Å². The molecule has 2 aromatic carbocycles. The number of nitrogens with zero attached hydrogens (tertiary/aromatic N) is 2. The maximum atomic E-state index is 14.8. The number of carbonyl (C=O) groups is 1. The molecule has 1 atom stereocenters. The van der Waals surface area contributed by atoms with Gasteiger partial charge in [0.1, 0.15) is 5.82 Å². The molecule has 27 heavy (non-hydrogen) atoms. The first-order valence-corrected chi connectivity index (χ1v) is 9.57. The summed E-state index contributed by atoms with van der Waals surface area (Å²) in [6.45, 7) is 2.79. The molecule has 0 N–H and O–H groups in total. The van der Waals surface area contributed by atoms with Crippen LogP contribution >= 0.6 is 11.6 Å². The van der Waals surface area contributed by atoms with Gasteiger partial charge in [-0.1, -0.05) is 29.8 Å². The van der Waals surface area contributed by atoms with E-state index in [1.807, 2.05) is 23.1 Å². The minimum absolute atomic E-state index is 0.0976. The molecule has 1 aromatic heterocycles. The van der Waals surface area contributed by atoms with Crippen molar-refractivity contribution in [2.45, 2.75) is 32.2 Å². The van der Waals surface area contributed by atoms with Gasteiger partial charge in [0.25, 0.3) is 5.91 Å². The Bertz CT molecular complexity index is 1020. The monoisotopic (exact) mass is 382 g/mol. The number of piperidine rings is 1. The van der Waals surface area contributed by atoms with Crippen molar-refractivity contribution in [1.29, 1.82) is 0 Å². The molecule has 138 valence electrons. The molecule has 1 fully saturated rings. The van der Waals surface area contributed by atoms with Gasteiger partial charge >= 0.3 is 0 Å². The van der Waals surface area contributed by atoms with E-state index < -0.39 is 5.82 Å². The molecule has 3 nitrogen and oxygen atoms in total. The normalized spacial score (nSPS) is 17.3. The molecule has 0 aliphatic carbocycles. The van der Waals surface area contributed by atoms with Gasteiger partial charge in [-0.3, -0.25) is 9.78 Å². The number of likely N-dealkylation sites (tertiary alicyclic amines) is 1. The van der Waals surface area contributed by atoms with Gasteiger partial charge in [0.05, 0.1) is 10.5 Å². The van der Waals surface area contributed by atoms with Gasteiger partial charge < -0.3 is 4.90 Å². The lowest BCUT2D eigenvalue weighted by Crippen LogP contribution is -2.42. The number of hydrogen-bond acceptors (Lipinski definition) is 2. The number of halogens is 2. The van der Waals surface area contributed by atoms with Gasteiger partial charge in [0.2, 0.25) is 0 Å². The Morgan fingerprint density at radius 3 is 2.81 bits per heavy atom. The quantitative estimate of drug-likeness (QED) is 0.568. The number of aromatic nitrogens is 1. The van der Waals surface area contributed by atoms with E-state index in [1.54, 1.807) is 24.4 Å². The molecule has 2 heterocycles. The summed E-state index contributed by atoms with van der Waals surface area (Å²) in [7, 11) is 0. The topological polar surface area (TPSA) is 33.2 Å². The van der Waals surface area contributed by atoms with E-state index >= 15 is 0 Å². The smallest absolute Gasteiger partial charge is 0.254 e. The summed E-state index contributed by atoms with van der Waals surface area (Å²) in [4.78, 5) is 18.9. The predicted molar refractivity (Wildman–Crippen MR) is 106 cm³/mol. The van der Waals surface area contributed by atoms with Crippen LogP contribution in [0.3, 0.4) is 0 Å². The van der Waals surface area contributed by atoms with Crippen LogP contribution in [0.15, 0.2) is 48.7 Å². The van der Waals surface area contributed by atoms with Gasteiger partial charge in [-0.15, -0.1) is 0 Å². The molecule has 1 aliphatic heterocycles. The van der Waals surface area contributed by atoms with Crippen molar-refractivity contribution >= 4 is 28.4 Å². The van der Waals surface area contributed by atoms with Crippen molar-refractivity contribution in [3.05, 3.63) is 65.1 Å². The Hall–Kier alpha value is -2.46. The maximum absolute atomic E-state index is 14.8. The summed E-state index contributed by atoms with van der Waals surface area (Å²) in [6.07, 6.45) is 4.77. The van der Waals surface area contributed by atoms with Crippen molar-refractivity contribution in [1.82, 2.24) is 9.88 Å². The fourth-order valence-corrected chi connectivity index (χ4v) is 3.94. The highest BCUT2D eigenvalue weighted by molar-refractivity contribution is 6.35. The van der Waals surface area contributed by atoms with Gasteiger partial charge in [-0.25, -0.2) is 4.39 Å². The number of pyridine rings is 1. The standard InChI is InChI=1S/C22H20ClFN2O/c1-14-4-2-3-11-26(14)22(27)16-6-7-17(20(24)12-16)15-5-8-18-19(23)9-10-25-21(18)13-15/h5-10,12-14H,2-4,11H2,1H3. The first-order chi connectivity index (χ1) is 13.0. The van der Waals surface area contributed by atoms with Gasteiger partial charge in [-0.05, 0) is 56.0 Å². The third kappa shape index (κ3) is 3.42. The number of carbonyl (C=O) groups excluding carboxylic acids is 1. The molecule has 0 bridgehead atoms. The Labute approximate surface area is 162 Å². The maximum Gasteiger partial charge on any atom is 0.254 e. The fraction of sp³-hybridized carbons (Fsp3) is 0.273. The van der Waals surface area contributed by atoms with Crippen LogP contribution in [0.2, 0.25) is 5.02 Å². The summed E-state index contributed by atoms with van der Waals surface area (Å²) in [5.41, 5.74) is 2.26. The average Bonchev–Trinajstić information content (AvgIpc) is 2.68. The van der Waals surface area contributed by atoms with Crippen LogP contribution in [0.25, 0.3) is 22.0 Å². The Balaban J connectivity index is 1.67. The second kappa shape index (κ2) is 7.28. The van der Waals surface area contributed by atoms with Crippen molar-refractivity contribution in [3.63, 3.8) is 0 Å².